The third-order valence-electron chi connectivity index (χ3n) is 5.02. The van der Waals surface area contributed by atoms with Gasteiger partial charge in [0.2, 0.25) is 0 Å². The lowest BCUT2D eigenvalue weighted by atomic mass is 10.1. The summed E-state index contributed by atoms with van der Waals surface area (Å²) >= 11 is 0. The summed E-state index contributed by atoms with van der Waals surface area (Å²) in [5, 5.41) is 16.3. The van der Waals surface area contributed by atoms with Gasteiger partial charge in [0.05, 0.1) is 30.3 Å². The van der Waals surface area contributed by atoms with Gasteiger partial charge in [0.25, 0.3) is 5.56 Å². The number of nitrogens with zero attached hydrogens (tertiary/aromatic N) is 2. The van der Waals surface area contributed by atoms with Crippen LogP contribution in [0.15, 0.2) is 83.7 Å². The van der Waals surface area contributed by atoms with Gasteiger partial charge in [-0.05, 0) is 30.3 Å². The number of aromatic nitrogens is 2. The fourth-order valence-electron chi connectivity index (χ4n) is 3.42. The standard InChI is InChI=1S/C25H22N2O5/c1-31-25(30)18-11-13-20(14-12-18)32-16-19(28)15-27-24(29)22-10-6-5-9-21(22)23(26-27)17-7-3-2-4-8-17/h2-14,19,28H,15-16H2,1H3. The van der Waals surface area contributed by atoms with Gasteiger partial charge in [-0.3, -0.25) is 4.79 Å². The number of aliphatic hydroxyl groups is 1. The van der Waals surface area contributed by atoms with Crippen LogP contribution in [0.2, 0.25) is 0 Å². The van der Waals surface area contributed by atoms with Gasteiger partial charge in [-0.2, -0.15) is 5.10 Å². The Bertz CT molecular complexity index is 1280. The number of methoxy groups -OCH3 is 1. The molecule has 0 aliphatic heterocycles. The number of aliphatic hydroxyl groups excluding tert-OH is 1. The summed E-state index contributed by atoms with van der Waals surface area (Å²) < 4.78 is 11.5. The fourth-order valence-corrected chi connectivity index (χ4v) is 3.42. The van der Waals surface area contributed by atoms with Gasteiger partial charge in [-0.15, -0.1) is 0 Å². The van der Waals surface area contributed by atoms with Crippen molar-refractivity contribution >= 4 is 16.7 Å². The van der Waals surface area contributed by atoms with E-state index < -0.39 is 12.1 Å². The Morgan fingerprint density at radius 2 is 1.62 bits per heavy atom. The molecule has 0 fully saturated rings. The topological polar surface area (TPSA) is 90.7 Å². The van der Waals surface area contributed by atoms with E-state index in [1.54, 1.807) is 36.4 Å². The van der Waals surface area contributed by atoms with Crippen LogP contribution < -0.4 is 10.3 Å². The first-order valence-electron chi connectivity index (χ1n) is 10.1. The maximum absolute atomic E-state index is 13.0. The molecule has 1 unspecified atom stereocenters. The zero-order chi connectivity index (χ0) is 22.5. The van der Waals surface area contributed by atoms with Crippen LogP contribution >= 0.6 is 0 Å². The van der Waals surface area contributed by atoms with Gasteiger partial charge in [-0.1, -0.05) is 48.5 Å². The Morgan fingerprint density at radius 3 is 2.31 bits per heavy atom. The van der Waals surface area contributed by atoms with Gasteiger partial charge in [0.1, 0.15) is 18.5 Å². The van der Waals surface area contributed by atoms with Crippen LogP contribution in [0.5, 0.6) is 5.75 Å². The van der Waals surface area contributed by atoms with Crippen LogP contribution in [-0.2, 0) is 11.3 Å². The molecule has 7 heteroatoms. The largest absolute Gasteiger partial charge is 0.491 e. The molecule has 32 heavy (non-hydrogen) atoms. The predicted octanol–water partition coefficient (Wildman–Crippen LogP) is 3.29. The Labute approximate surface area is 184 Å². The van der Waals surface area contributed by atoms with Gasteiger partial charge >= 0.3 is 5.97 Å². The normalized spacial score (nSPS) is 11.8. The smallest absolute Gasteiger partial charge is 0.337 e. The number of hydrogen-bond acceptors (Lipinski definition) is 6. The highest BCUT2D eigenvalue weighted by atomic mass is 16.5. The SMILES string of the molecule is COC(=O)c1ccc(OCC(O)Cn2nc(-c3ccccc3)c3ccccc3c2=O)cc1. The molecule has 1 aromatic heterocycles. The maximum Gasteiger partial charge on any atom is 0.337 e. The molecule has 0 bridgehead atoms. The average molecular weight is 430 g/mol. The first-order chi connectivity index (χ1) is 15.6. The second-order valence-electron chi connectivity index (χ2n) is 7.23. The zero-order valence-electron chi connectivity index (χ0n) is 17.5. The molecule has 0 spiro atoms. The van der Waals surface area contributed by atoms with Crippen molar-refractivity contribution in [3.05, 3.63) is 94.8 Å². The molecule has 0 amide bonds. The molecule has 0 aliphatic rings. The summed E-state index contributed by atoms with van der Waals surface area (Å²) in [5.41, 5.74) is 1.68. The highest BCUT2D eigenvalue weighted by molar-refractivity contribution is 5.93. The number of rotatable bonds is 7. The van der Waals surface area contributed by atoms with Crippen LogP contribution in [0.3, 0.4) is 0 Å². The van der Waals surface area contributed by atoms with E-state index in [-0.39, 0.29) is 18.7 Å². The van der Waals surface area contributed by atoms with Crippen molar-refractivity contribution in [3.8, 4) is 17.0 Å². The molecule has 0 saturated heterocycles. The van der Waals surface area contributed by atoms with Crippen molar-refractivity contribution in [2.45, 2.75) is 12.6 Å². The summed E-state index contributed by atoms with van der Waals surface area (Å²) in [7, 11) is 1.31. The van der Waals surface area contributed by atoms with E-state index in [1.165, 1.54) is 11.8 Å². The molecule has 0 radical (unpaired) electrons. The van der Waals surface area contributed by atoms with Crippen LogP contribution in [0, 0.1) is 0 Å². The molecule has 1 heterocycles. The molecule has 162 valence electrons. The number of esters is 1. The van der Waals surface area contributed by atoms with E-state index in [4.69, 9.17) is 4.74 Å². The summed E-state index contributed by atoms with van der Waals surface area (Å²) in [6.45, 7) is -0.0665. The molecule has 0 saturated carbocycles. The average Bonchev–Trinajstić information content (AvgIpc) is 2.85. The van der Waals surface area contributed by atoms with Crippen LogP contribution in [0.25, 0.3) is 22.0 Å². The molecule has 7 nitrogen and oxygen atoms in total. The Kier molecular flexibility index (Phi) is 6.28. The van der Waals surface area contributed by atoms with Crippen LogP contribution in [0.4, 0.5) is 0 Å². The van der Waals surface area contributed by atoms with Gasteiger partial charge in [0, 0.05) is 10.9 Å². The highest BCUT2D eigenvalue weighted by Gasteiger charge is 2.15. The molecule has 1 atom stereocenters. The van der Waals surface area contributed by atoms with Crippen molar-refractivity contribution in [3.63, 3.8) is 0 Å². The second-order valence-corrected chi connectivity index (χ2v) is 7.23. The quantitative estimate of drug-likeness (QED) is 0.453. The Hall–Kier alpha value is -3.97. The predicted molar refractivity (Wildman–Crippen MR) is 121 cm³/mol. The summed E-state index contributed by atoms with van der Waals surface area (Å²) in [4.78, 5) is 24.5. The van der Waals surface area contributed by atoms with Gasteiger partial charge in [-0.25, -0.2) is 9.48 Å². The van der Waals surface area contributed by atoms with Crippen molar-refractivity contribution in [1.82, 2.24) is 9.78 Å². The van der Waals surface area contributed by atoms with E-state index in [1.807, 2.05) is 42.5 Å². The third-order valence-corrected chi connectivity index (χ3v) is 5.02. The minimum absolute atomic E-state index is 0.0241. The molecular weight excluding hydrogens is 408 g/mol. The van der Waals surface area contributed by atoms with Gasteiger partial charge < -0.3 is 14.6 Å². The molecule has 1 N–H and O–H groups in total. The lowest BCUT2D eigenvalue weighted by Crippen LogP contribution is -2.32. The van der Waals surface area contributed by atoms with E-state index >= 15 is 0 Å². The number of fused-ring (bicyclic) bond motifs is 1. The molecule has 4 rings (SSSR count). The van der Waals surface area contributed by atoms with E-state index in [0.29, 0.717) is 22.4 Å². The monoisotopic (exact) mass is 430 g/mol. The first kappa shape index (κ1) is 21.3. The highest BCUT2D eigenvalue weighted by Crippen LogP contribution is 2.24. The second kappa shape index (κ2) is 9.45. The van der Waals surface area contributed by atoms with Crippen molar-refractivity contribution in [2.75, 3.05) is 13.7 Å². The number of carbonyl (C=O) groups is 1. The number of benzene rings is 3. The summed E-state index contributed by atoms with van der Waals surface area (Å²) in [5.74, 6) is 0.0491. The molecule has 0 aliphatic carbocycles. The molecular formula is C25H22N2O5. The fraction of sp³-hybridized carbons (Fsp3) is 0.160. The van der Waals surface area contributed by atoms with Crippen LogP contribution in [-0.4, -0.2) is 40.7 Å². The third kappa shape index (κ3) is 4.53. The first-order valence-corrected chi connectivity index (χ1v) is 10.1. The number of ether oxygens (including phenoxy) is 2. The van der Waals surface area contributed by atoms with Gasteiger partial charge in [0.15, 0.2) is 0 Å². The number of carbonyl (C=O) groups excluding carboxylic acids is 1. The maximum atomic E-state index is 13.0. The minimum Gasteiger partial charge on any atom is -0.491 e. The Balaban J connectivity index is 1.54. The van der Waals surface area contributed by atoms with Crippen LogP contribution in [0.1, 0.15) is 10.4 Å². The molecule has 3 aromatic carbocycles. The van der Waals surface area contributed by atoms with E-state index in [9.17, 15) is 14.7 Å². The summed E-state index contributed by atoms with van der Waals surface area (Å²) in [6.07, 6.45) is -0.967. The van der Waals surface area contributed by atoms with E-state index in [2.05, 4.69) is 9.84 Å². The van der Waals surface area contributed by atoms with Crippen molar-refractivity contribution in [2.24, 2.45) is 0 Å². The molecule has 4 aromatic rings. The van der Waals surface area contributed by atoms with Crippen molar-refractivity contribution in [1.29, 1.82) is 0 Å². The van der Waals surface area contributed by atoms with Crippen molar-refractivity contribution < 1.29 is 19.4 Å². The lowest BCUT2D eigenvalue weighted by molar-refractivity contribution is 0.0600. The minimum atomic E-state index is -0.967. The Morgan fingerprint density at radius 1 is 0.969 bits per heavy atom. The number of hydrogen-bond donors (Lipinski definition) is 1. The zero-order valence-corrected chi connectivity index (χ0v) is 17.5. The van der Waals surface area contributed by atoms with E-state index in [0.717, 1.165) is 10.9 Å². The lowest BCUT2D eigenvalue weighted by Gasteiger charge is -2.15. The summed E-state index contributed by atoms with van der Waals surface area (Å²) in [6, 6.07) is 23.3.